The monoisotopic (exact) mass is 370 g/mol. The van der Waals surface area contributed by atoms with Crippen molar-refractivity contribution in [3.63, 3.8) is 0 Å². The first-order chi connectivity index (χ1) is 10.4. The van der Waals surface area contributed by atoms with Crippen LogP contribution in [0.25, 0.3) is 0 Å². The summed E-state index contributed by atoms with van der Waals surface area (Å²) in [4.78, 5) is 25.2. The molecule has 1 aliphatic carbocycles. The highest BCUT2D eigenvalue weighted by Crippen LogP contribution is 2.30. The van der Waals surface area contributed by atoms with Crippen LogP contribution in [0.15, 0.2) is 35.4 Å². The van der Waals surface area contributed by atoms with Gasteiger partial charge in [-0.1, -0.05) is 47.8 Å². The number of nitrogens with two attached hydrogens (primary N) is 2. The van der Waals surface area contributed by atoms with E-state index < -0.39 is 0 Å². The average Bonchev–Trinajstić information content (AvgIpc) is 2.48. The maximum Gasteiger partial charge on any atom is 0.191 e. The quantitative estimate of drug-likeness (QED) is 0.473. The summed E-state index contributed by atoms with van der Waals surface area (Å²) in [6.45, 7) is 0. The second-order valence-corrected chi connectivity index (χ2v) is 6.50. The highest BCUT2D eigenvalue weighted by atomic mass is 35.5. The summed E-state index contributed by atoms with van der Waals surface area (Å²) in [6, 6.07) is 6.63. The van der Waals surface area contributed by atoms with Gasteiger partial charge in [0.05, 0.1) is 0 Å². The molecule has 0 saturated heterocycles. The Kier molecular flexibility index (Phi) is 6.86. The Morgan fingerprint density at radius 3 is 1.52 bits per heavy atom. The van der Waals surface area contributed by atoms with Gasteiger partial charge in [-0.25, -0.2) is 0 Å². The third kappa shape index (κ3) is 4.37. The van der Waals surface area contributed by atoms with Gasteiger partial charge in [-0.3, -0.25) is 20.4 Å². The summed E-state index contributed by atoms with van der Waals surface area (Å²) in [5, 5.41) is 14.3. The fraction of sp³-hybridized carbons (Fsp3) is 0.143. The summed E-state index contributed by atoms with van der Waals surface area (Å²) in [5.41, 5.74) is 12.0. The number of ketones is 2. The van der Waals surface area contributed by atoms with Gasteiger partial charge in [0, 0.05) is 33.8 Å². The molecule has 0 saturated carbocycles. The molecule has 0 bridgehead atoms. The van der Waals surface area contributed by atoms with Gasteiger partial charge in [-0.2, -0.15) is 0 Å². The highest BCUT2D eigenvalue weighted by molar-refractivity contribution is 8.14. The van der Waals surface area contributed by atoms with Crippen LogP contribution < -0.4 is 11.5 Å². The van der Waals surface area contributed by atoms with E-state index >= 15 is 0 Å². The Hall–Kier alpha value is -1.77. The van der Waals surface area contributed by atoms with Crippen molar-refractivity contribution < 1.29 is 9.59 Å². The number of amidine groups is 2. The second-order valence-electron chi connectivity index (χ2n) is 4.47. The first-order valence-corrected chi connectivity index (χ1v) is 8.23. The summed E-state index contributed by atoms with van der Waals surface area (Å²) in [5.74, 6) is -0.157. The minimum atomic E-state index is -0.233. The number of hydrogen-bond acceptors (Lipinski definition) is 6. The minimum Gasteiger partial charge on any atom is -0.379 e. The molecule has 23 heavy (non-hydrogen) atoms. The van der Waals surface area contributed by atoms with E-state index in [0.717, 1.165) is 23.5 Å². The second kappa shape index (κ2) is 8.19. The number of nitrogens with one attached hydrogen (secondary N) is 2. The molecule has 0 atom stereocenters. The van der Waals surface area contributed by atoms with E-state index in [-0.39, 0.29) is 45.8 Å². The van der Waals surface area contributed by atoms with Crippen LogP contribution in [0.2, 0.25) is 0 Å². The molecule has 1 aromatic carbocycles. The van der Waals surface area contributed by atoms with E-state index in [4.69, 9.17) is 22.3 Å². The Morgan fingerprint density at radius 2 is 1.22 bits per heavy atom. The van der Waals surface area contributed by atoms with Crippen molar-refractivity contribution in [1.82, 2.24) is 0 Å². The molecule has 0 fully saturated rings. The van der Waals surface area contributed by atoms with Gasteiger partial charge < -0.3 is 11.5 Å². The number of hydrogen-bond donors (Lipinski definition) is 4. The molecule has 0 spiro atoms. The first kappa shape index (κ1) is 19.3. The van der Waals surface area contributed by atoms with Gasteiger partial charge in [-0.05, 0) is 0 Å². The Morgan fingerprint density at radius 1 is 0.870 bits per heavy atom. The van der Waals surface area contributed by atoms with E-state index in [1.807, 2.05) is 0 Å². The van der Waals surface area contributed by atoms with Crippen molar-refractivity contribution in [1.29, 1.82) is 10.8 Å². The molecular weight excluding hydrogens is 356 g/mol. The molecule has 6 nitrogen and oxygen atoms in total. The van der Waals surface area contributed by atoms with Crippen LogP contribution in [0.1, 0.15) is 20.7 Å². The third-order valence-corrected chi connectivity index (χ3v) is 4.56. The van der Waals surface area contributed by atoms with Gasteiger partial charge in [0.25, 0.3) is 0 Å². The highest BCUT2D eigenvalue weighted by Gasteiger charge is 2.31. The molecule has 0 heterocycles. The predicted octanol–water partition coefficient (Wildman–Crippen LogP) is 2.04. The van der Waals surface area contributed by atoms with E-state index in [0.29, 0.717) is 22.3 Å². The van der Waals surface area contributed by atoms with Crippen LogP contribution in [-0.2, 0) is 0 Å². The maximum atomic E-state index is 12.6. The smallest absolute Gasteiger partial charge is 0.191 e. The number of fused-ring (bicyclic) bond motifs is 1. The van der Waals surface area contributed by atoms with E-state index in [1.54, 1.807) is 24.3 Å². The predicted molar refractivity (Wildman–Crippen MR) is 98.1 cm³/mol. The van der Waals surface area contributed by atoms with Crippen LogP contribution >= 0.6 is 35.9 Å². The summed E-state index contributed by atoms with van der Waals surface area (Å²) in [7, 11) is 0. The van der Waals surface area contributed by atoms with E-state index in [2.05, 4.69) is 0 Å². The molecular formula is C14H15ClN4O2S2. The number of rotatable bonds is 4. The van der Waals surface area contributed by atoms with Crippen molar-refractivity contribution in [3.8, 4) is 0 Å². The van der Waals surface area contributed by atoms with Crippen LogP contribution in [0.3, 0.4) is 0 Å². The third-order valence-electron chi connectivity index (χ3n) is 3.07. The van der Waals surface area contributed by atoms with E-state index in [1.165, 1.54) is 0 Å². The lowest BCUT2D eigenvalue weighted by Gasteiger charge is -2.20. The summed E-state index contributed by atoms with van der Waals surface area (Å²) < 4.78 is 0. The lowest BCUT2D eigenvalue weighted by atomic mass is 9.85. The average molecular weight is 371 g/mol. The molecule has 0 aromatic heterocycles. The van der Waals surface area contributed by atoms with Gasteiger partial charge in [0.15, 0.2) is 21.9 Å². The van der Waals surface area contributed by atoms with Crippen LogP contribution in [0.5, 0.6) is 0 Å². The van der Waals surface area contributed by atoms with Crippen molar-refractivity contribution in [2.24, 2.45) is 11.5 Å². The number of carbonyl (C=O) groups is 2. The first-order valence-electron chi connectivity index (χ1n) is 6.26. The van der Waals surface area contributed by atoms with Crippen molar-refractivity contribution in [3.05, 3.63) is 46.5 Å². The van der Waals surface area contributed by atoms with Gasteiger partial charge in [-0.15, -0.1) is 12.4 Å². The standard InChI is InChI=1S/C14H14N4O2S2.ClH/c15-13(16)21-5-9-10(6-22-14(17)18)12(20)8-4-2-1-3-7(8)11(9)19;/h1-4H,5-6H2,(H3,15,16)(H3,17,18);1H. The lowest BCUT2D eigenvalue weighted by Crippen LogP contribution is -2.25. The molecule has 2 rings (SSSR count). The number of thioether (sulfide) groups is 2. The van der Waals surface area contributed by atoms with Crippen molar-refractivity contribution in [2.45, 2.75) is 0 Å². The van der Waals surface area contributed by atoms with Crippen molar-refractivity contribution >= 4 is 57.8 Å². The van der Waals surface area contributed by atoms with Gasteiger partial charge >= 0.3 is 0 Å². The Labute approximate surface area is 147 Å². The molecule has 0 radical (unpaired) electrons. The Balaban J connectivity index is 0.00000264. The Bertz CT molecular complexity index is 659. The normalized spacial score (nSPS) is 13.4. The molecule has 122 valence electrons. The zero-order valence-electron chi connectivity index (χ0n) is 11.9. The molecule has 0 amide bonds. The SMILES string of the molecule is Cl.N=C(N)SCC1=C(CSC(=N)N)C(=O)c2ccccc2C1=O. The summed E-state index contributed by atoms with van der Waals surface area (Å²) in [6.07, 6.45) is 0. The fourth-order valence-electron chi connectivity index (χ4n) is 2.08. The number of carbonyl (C=O) groups excluding carboxylic acids is 2. The van der Waals surface area contributed by atoms with Crippen LogP contribution in [0, 0.1) is 10.8 Å². The maximum absolute atomic E-state index is 12.6. The minimum absolute atomic E-state index is 0. The topological polar surface area (TPSA) is 134 Å². The molecule has 1 aliphatic rings. The number of benzene rings is 1. The molecule has 1 aromatic rings. The largest absolute Gasteiger partial charge is 0.379 e. The molecule has 0 unspecified atom stereocenters. The van der Waals surface area contributed by atoms with Crippen LogP contribution in [0.4, 0.5) is 0 Å². The number of Topliss-reactive ketones (excluding diaryl/α,β-unsaturated/α-hetero) is 2. The zero-order valence-corrected chi connectivity index (χ0v) is 14.4. The molecule has 0 aliphatic heterocycles. The summed E-state index contributed by atoms with van der Waals surface area (Å²) >= 11 is 1.98. The fourth-order valence-corrected chi connectivity index (χ4v) is 3.29. The lowest BCUT2D eigenvalue weighted by molar-refractivity contribution is 0.0976. The molecule has 9 heteroatoms. The van der Waals surface area contributed by atoms with Crippen LogP contribution in [-0.4, -0.2) is 33.4 Å². The van der Waals surface area contributed by atoms with E-state index in [9.17, 15) is 9.59 Å². The van der Waals surface area contributed by atoms with Gasteiger partial charge in [0.2, 0.25) is 0 Å². The molecule has 6 N–H and O–H groups in total. The van der Waals surface area contributed by atoms with Gasteiger partial charge in [0.1, 0.15) is 0 Å². The number of halogens is 1. The van der Waals surface area contributed by atoms with Crippen molar-refractivity contribution in [2.75, 3.05) is 11.5 Å². The zero-order chi connectivity index (χ0) is 16.3.